The number of piperazine rings is 1. The summed E-state index contributed by atoms with van der Waals surface area (Å²) in [5, 5.41) is 0. The number of likely N-dealkylation sites (N-methyl/N-ethyl adjacent to an activating group) is 1. The maximum atomic E-state index is 13.4. The van der Waals surface area contributed by atoms with E-state index in [-0.39, 0.29) is 11.9 Å². The van der Waals surface area contributed by atoms with Crippen LogP contribution in [0.15, 0.2) is 66.9 Å². The van der Waals surface area contributed by atoms with Crippen molar-refractivity contribution in [1.82, 2.24) is 14.8 Å². The highest BCUT2D eigenvalue weighted by Crippen LogP contribution is 2.31. The lowest BCUT2D eigenvalue weighted by Gasteiger charge is -2.39. The minimum Gasteiger partial charge on any atom is -0.497 e. The van der Waals surface area contributed by atoms with Gasteiger partial charge in [0.15, 0.2) is 11.5 Å². The number of carbonyl (C=O) groups is 1. The summed E-state index contributed by atoms with van der Waals surface area (Å²) in [5.74, 6) is 1.90. The first-order chi connectivity index (χ1) is 16.1. The van der Waals surface area contributed by atoms with Crippen LogP contribution in [0.1, 0.15) is 27.7 Å². The summed E-state index contributed by atoms with van der Waals surface area (Å²) in [7, 11) is 5.34. The largest absolute Gasteiger partial charge is 0.497 e. The molecular weight excluding hydrogens is 418 g/mol. The summed E-state index contributed by atoms with van der Waals surface area (Å²) in [6.45, 7) is 2.36. The molecule has 1 aliphatic heterocycles. The number of nitrogens with zero attached hydrogens (tertiary/aromatic N) is 3. The molecule has 4 rings (SSSR count). The van der Waals surface area contributed by atoms with Crippen LogP contribution in [0.3, 0.4) is 0 Å². The Hall–Kier alpha value is -3.58. The van der Waals surface area contributed by atoms with Gasteiger partial charge in [0.2, 0.25) is 0 Å². The molecular formula is C26H29N3O4. The van der Waals surface area contributed by atoms with E-state index in [1.165, 1.54) is 0 Å². The summed E-state index contributed by atoms with van der Waals surface area (Å²) in [5.41, 5.74) is 2.53. The van der Waals surface area contributed by atoms with Gasteiger partial charge in [-0.05, 0) is 55.1 Å². The molecule has 1 saturated heterocycles. The van der Waals surface area contributed by atoms with Gasteiger partial charge in [-0.2, -0.15) is 0 Å². The zero-order valence-electron chi connectivity index (χ0n) is 19.2. The van der Waals surface area contributed by atoms with Gasteiger partial charge < -0.3 is 19.1 Å². The Morgan fingerprint density at radius 1 is 1.00 bits per heavy atom. The third-order valence-corrected chi connectivity index (χ3v) is 5.95. The van der Waals surface area contributed by atoms with Crippen LogP contribution in [0.25, 0.3) is 0 Å². The lowest BCUT2D eigenvalue weighted by atomic mass is 10.0. The average Bonchev–Trinajstić information content (AvgIpc) is 2.88. The van der Waals surface area contributed by atoms with Crippen LogP contribution in [-0.2, 0) is 6.61 Å². The first kappa shape index (κ1) is 22.6. The number of aromatic nitrogens is 1. The molecule has 1 aromatic heterocycles. The predicted molar refractivity (Wildman–Crippen MR) is 126 cm³/mol. The van der Waals surface area contributed by atoms with Gasteiger partial charge >= 0.3 is 0 Å². The van der Waals surface area contributed by atoms with Gasteiger partial charge in [-0.15, -0.1) is 0 Å². The van der Waals surface area contributed by atoms with Crippen LogP contribution in [0, 0.1) is 0 Å². The smallest absolute Gasteiger partial charge is 0.254 e. The third-order valence-electron chi connectivity index (χ3n) is 5.95. The molecule has 172 valence electrons. The first-order valence-corrected chi connectivity index (χ1v) is 10.9. The van der Waals surface area contributed by atoms with Crippen LogP contribution in [0.5, 0.6) is 17.2 Å². The minimum absolute atomic E-state index is 0.0213. The minimum atomic E-state index is -0.0213. The number of rotatable bonds is 7. The van der Waals surface area contributed by atoms with Crippen LogP contribution in [0.4, 0.5) is 0 Å². The average molecular weight is 448 g/mol. The molecule has 2 aromatic carbocycles. The Kier molecular flexibility index (Phi) is 7.10. The maximum absolute atomic E-state index is 13.4. The molecule has 1 aliphatic rings. The number of hydrogen-bond donors (Lipinski definition) is 0. The molecule has 2 heterocycles. The van der Waals surface area contributed by atoms with Crippen molar-refractivity contribution in [3.05, 3.63) is 83.7 Å². The van der Waals surface area contributed by atoms with E-state index in [9.17, 15) is 4.79 Å². The normalized spacial score (nSPS) is 16.3. The number of amides is 1. The van der Waals surface area contributed by atoms with Gasteiger partial charge in [-0.1, -0.05) is 18.2 Å². The molecule has 0 bridgehead atoms. The van der Waals surface area contributed by atoms with Crippen LogP contribution in [-0.4, -0.2) is 61.6 Å². The van der Waals surface area contributed by atoms with Gasteiger partial charge in [0.1, 0.15) is 12.4 Å². The van der Waals surface area contributed by atoms with Crippen molar-refractivity contribution in [1.29, 1.82) is 0 Å². The van der Waals surface area contributed by atoms with E-state index in [0.29, 0.717) is 36.8 Å². The fourth-order valence-electron chi connectivity index (χ4n) is 3.98. The lowest BCUT2D eigenvalue weighted by Crippen LogP contribution is -2.49. The molecule has 0 saturated carbocycles. The van der Waals surface area contributed by atoms with Crippen molar-refractivity contribution in [3.8, 4) is 17.2 Å². The number of pyridine rings is 1. The van der Waals surface area contributed by atoms with Crippen LogP contribution >= 0.6 is 0 Å². The Labute approximate surface area is 194 Å². The molecule has 3 aromatic rings. The summed E-state index contributed by atoms with van der Waals surface area (Å²) in [6.07, 6.45) is 1.72. The van der Waals surface area contributed by atoms with E-state index in [0.717, 1.165) is 23.6 Å². The Balaban J connectivity index is 1.50. The second kappa shape index (κ2) is 10.4. The molecule has 7 nitrogen and oxygen atoms in total. The van der Waals surface area contributed by atoms with Gasteiger partial charge in [-0.3, -0.25) is 14.7 Å². The fraction of sp³-hybridized carbons (Fsp3) is 0.308. The molecule has 0 radical (unpaired) electrons. The predicted octanol–water partition coefficient (Wildman–Crippen LogP) is 3.81. The first-order valence-electron chi connectivity index (χ1n) is 10.9. The van der Waals surface area contributed by atoms with Crippen molar-refractivity contribution >= 4 is 5.91 Å². The van der Waals surface area contributed by atoms with E-state index >= 15 is 0 Å². The van der Waals surface area contributed by atoms with E-state index in [1.54, 1.807) is 38.6 Å². The fourth-order valence-corrected chi connectivity index (χ4v) is 3.98. The zero-order chi connectivity index (χ0) is 23.2. The molecule has 7 heteroatoms. The lowest BCUT2D eigenvalue weighted by molar-refractivity contribution is 0.0545. The number of benzene rings is 2. The standard InChI is InChI=1S/C26H29N3O4/c1-28-14-15-29(17-23(28)19-7-10-22(31-2)11-8-19)26(30)20-9-12-24(32-3)25(16-20)33-18-21-6-4-5-13-27-21/h4-13,16,23H,14-15,17-18H2,1-3H3. The second-order valence-electron chi connectivity index (χ2n) is 8.00. The topological polar surface area (TPSA) is 64.1 Å². The highest BCUT2D eigenvalue weighted by atomic mass is 16.5. The van der Waals surface area contributed by atoms with Gasteiger partial charge in [0.25, 0.3) is 5.91 Å². The Morgan fingerprint density at radius 2 is 1.82 bits per heavy atom. The Bertz CT molecular complexity index is 1070. The van der Waals surface area contributed by atoms with Crippen molar-refractivity contribution in [2.75, 3.05) is 40.9 Å². The summed E-state index contributed by atoms with van der Waals surface area (Å²) in [6, 6.07) is 19.1. The monoisotopic (exact) mass is 447 g/mol. The Morgan fingerprint density at radius 3 is 2.52 bits per heavy atom. The molecule has 0 aliphatic carbocycles. The van der Waals surface area contributed by atoms with E-state index in [2.05, 4.69) is 29.1 Å². The van der Waals surface area contributed by atoms with Gasteiger partial charge in [-0.25, -0.2) is 0 Å². The second-order valence-corrected chi connectivity index (χ2v) is 8.00. The van der Waals surface area contributed by atoms with E-state index in [1.807, 2.05) is 35.2 Å². The molecule has 1 fully saturated rings. The number of carbonyl (C=O) groups excluding carboxylic acids is 1. The van der Waals surface area contributed by atoms with E-state index in [4.69, 9.17) is 14.2 Å². The number of methoxy groups -OCH3 is 2. The highest BCUT2D eigenvalue weighted by molar-refractivity contribution is 5.95. The van der Waals surface area contributed by atoms with Crippen LogP contribution in [0.2, 0.25) is 0 Å². The van der Waals surface area contributed by atoms with Gasteiger partial charge in [0.05, 0.1) is 26.0 Å². The SMILES string of the molecule is COc1ccc(C2CN(C(=O)c3ccc(OC)c(OCc4ccccn4)c3)CCN2C)cc1. The van der Waals surface area contributed by atoms with Crippen molar-refractivity contribution in [2.45, 2.75) is 12.6 Å². The van der Waals surface area contributed by atoms with Crippen LogP contribution < -0.4 is 14.2 Å². The highest BCUT2D eigenvalue weighted by Gasteiger charge is 2.29. The van der Waals surface area contributed by atoms with Crippen molar-refractivity contribution in [3.63, 3.8) is 0 Å². The molecule has 1 unspecified atom stereocenters. The third kappa shape index (κ3) is 5.26. The summed E-state index contributed by atoms with van der Waals surface area (Å²) >= 11 is 0. The molecule has 1 atom stereocenters. The molecule has 0 N–H and O–H groups in total. The maximum Gasteiger partial charge on any atom is 0.254 e. The number of ether oxygens (including phenoxy) is 3. The quantitative estimate of drug-likeness (QED) is 0.549. The summed E-state index contributed by atoms with van der Waals surface area (Å²) < 4.78 is 16.7. The molecule has 1 amide bonds. The van der Waals surface area contributed by atoms with Crippen molar-refractivity contribution < 1.29 is 19.0 Å². The van der Waals surface area contributed by atoms with E-state index < -0.39 is 0 Å². The van der Waals surface area contributed by atoms with Crippen molar-refractivity contribution in [2.24, 2.45) is 0 Å². The molecule has 33 heavy (non-hydrogen) atoms. The zero-order valence-corrected chi connectivity index (χ0v) is 19.2. The molecule has 0 spiro atoms. The summed E-state index contributed by atoms with van der Waals surface area (Å²) in [4.78, 5) is 21.9. The number of hydrogen-bond acceptors (Lipinski definition) is 6. The van der Waals surface area contributed by atoms with Gasteiger partial charge in [0, 0.05) is 31.4 Å².